The fourth-order valence-electron chi connectivity index (χ4n) is 1.98. The van der Waals surface area contributed by atoms with Crippen LogP contribution < -0.4 is 5.32 Å². The molecule has 1 amide bonds. The lowest BCUT2D eigenvalue weighted by molar-refractivity contribution is 0.102. The zero-order valence-electron chi connectivity index (χ0n) is 11.0. The lowest BCUT2D eigenvalue weighted by Crippen LogP contribution is -2.14. The van der Waals surface area contributed by atoms with Gasteiger partial charge in [0.05, 0.1) is 11.8 Å². The fourth-order valence-corrected chi connectivity index (χ4v) is 2.39. The van der Waals surface area contributed by atoms with Crippen molar-refractivity contribution in [2.45, 2.75) is 26.7 Å². The van der Waals surface area contributed by atoms with Crippen LogP contribution in [0.3, 0.4) is 0 Å². The van der Waals surface area contributed by atoms with Gasteiger partial charge in [0.25, 0.3) is 5.91 Å². The van der Waals surface area contributed by atoms with Crippen molar-refractivity contribution in [3.63, 3.8) is 0 Å². The number of hydrogen-bond acceptors (Lipinski definition) is 2. The Kier molecular flexibility index (Phi) is 4.43. The van der Waals surface area contributed by atoms with Crippen molar-refractivity contribution < 1.29 is 9.21 Å². The standard InChI is InChI=1S/C15H16BrNO2/c1-3-10-9-11(16)5-6-13(10)17-15(18)12-7-8-19-14(12)4-2/h5-9H,3-4H2,1-2H3,(H,17,18). The summed E-state index contributed by atoms with van der Waals surface area (Å²) in [5.41, 5.74) is 2.55. The predicted molar refractivity (Wildman–Crippen MR) is 79.6 cm³/mol. The summed E-state index contributed by atoms with van der Waals surface area (Å²) in [5.74, 6) is 0.593. The number of nitrogens with one attached hydrogen (secondary N) is 1. The van der Waals surface area contributed by atoms with Gasteiger partial charge < -0.3 is 9.73 Å². The third kappa shape index (κ3) is 3.07. The van der Waals surface area contributed by atoms with Gasteiger partial charge in [-0.05, 0) is 36.2 Å². The first kappa shape index (κ1) is 13.9. The minimum absolute atomic E-state index is 0.123. The number of carbonyl (C=O) groups is 1. The molecule has 0 saturated carbocycles. The maximum atomic E-state index is 12.2. The van der Waals surface area contributed by atoms with Gasteiger partial charge in [0.2, 0.25) is 0 Å². The molecule has 1 N–H and O–H groups in total. The van der Waals surface area contributed by atoms with E-state index in [1.54, 1.807) is 12.3 Å². The second-order valence-electron chi connectivity index (χ2n) is 4.22. The van der Waals surface area contributed by atoms with Crippen LogP contribution in [0.4, 0.5) is 5.69 Å². The molecule has 100 valence electrons. The highest BCUT2D eigenvalue weighted by atomic mass is 79.9. The summed E-state index contributed by atoms with van der Waals surface area (Å²) in [5, 5.41) is 2.95. The summed E-state index contributed by atoms with van der Waals surface area (Å²) in [6.07, 6.45) is 3.12. The number of rotatable bonds is 4. The Morgan fingerprint density at radius 1 is 1.26 bits per heavy atom. The smallest absolute Gasteiger partial charge is 0.259 e. The van der Waals surface area contributed by atoms with Gasteiger partial charge in [-0.25, -0.2) is 0 Å². The van der Waals surface area contributed by atoms with Crippen LogP contribution >= 0.6 is 15.9 Å². The van der Waals surface area contributed by atoms with Crippen LogP contribution in [0.1, 0.15) is 35.5 Å². The van der Waals surface area contributed by atoms with Gasteiger partial charge in [-0.1, -0.05) is 29.8 Å². The monoisotopic (exact) mass is 321 g/mol. The van der Waals surface area contributed by atoms with Gasteiger partial charge in [0, 0.05) is 16.6 Å². The third-order valence-electron chi connectivity index (χ3n) is 3.01. The van der Waals surface area contributed by atoms with Crippen LogP contribution in [0, 0.1) is 0 Å². The highest BCUT2D eigenvalue weighted by Crippen LogP contribution is 2.23. The zero-order chi connectivity index (χ0) is 13.8. The van der Waals surface area contributed by atoms with E-state index in [4.69, 9.17) is 4.42 Å². The number of carbonyl (C=O) groups excluding carboxylic acids is 1. The van der Waals surface area contributed by atoms with E-state index in [-0.39, 0.29) is 5.91 Å². The molecule has 1 heterocycles. The molecule has 19 heavy (non-hydrogen) atoms. The molecule has 3 nitrogen and oxygen atoms in total. The lowest BCUT2D eigenvalue weighted by atomic mass is 10.1. The van der Waals surface area contributed by atoms with Gasteiger partial charge in [-0.2, -0.15) is 0 Å². The first-order valence-electron chi connectivity index (χ1n) is 6.31. The number of aryl methyl sites for hydroxylation is 2. The summed E-state index contributed by atoms with van der Waals surface area (Å²) in [7, 11) is 0. The van der Waals surface area contributed by atoms with E-state index in [1.165, 1.54) is 0 Å². The summed E-state index contributed by atoms with van der Waals surface area (Å²) >= 11 is 3.44. The maximum absolute atomic E-state index is 12.2. The van der Waals surface area contributed by atoms with Crippen molar-refractivity contribution in [2.75, 3.05) is 5.32 Å². The van der Waals surface area contributed by atoms with Gasteiger partial charge in [0.15, 0.2) is 0 Å². The Morgan fingerprint density at radius 3 is 2.74 bits per heavy atom. The molecule has 0 spiro atoms. The van der Waals surface area contributed by atoms with E-state index in [0.717, 1.165) is 22.1 Å². The minimum Gasteiger partial charge on any atom is -0.469 e. The number of hydrogen-bond donors (Lipinski definition) is 1. The van der Waals surface area contributed by atoms with Crippen LogP contribution in [0.2, 0.25) is 0 Å². The molecule has 0 aliphatic rings. The molecule has 0 bridgehead atoms. The number of furan rings is 1. The first-order valence-corrected chi connectivity index (χ1v) is 7.11. The van der Waals surface area contributed by atoms with E-state index >= 15 is 0 Å². The largest absolute Gasteiger partial charge is 0.469 e. The van der Waals surface area contributed by atoms with Crippen molar-refractivity contribution in [1.29, 1.82) is 0 Å². The summed E-state index contributed by atoms with van der Waals surface area (Å²) in [6, 6.07) is 7.56. The Hall–Kier alpha value is -1.55. The highest BCUT2D eigenvalue weighted by molar-refractivity contribution is 9.10. The highest BCUT2D eigenvalue weighted by Gasteiger charge is 2.14. The number of benzene rings is 1. The van der Waals surface area contributed by atoms with Crippen LogP contribution in [-0.4, -0.2) is 5.91 Å². The molecule has 1 aromatic heterocycles. The average Bonchev–Trinajstić information content (AvgIpc) is 2.89. The van der Waals surface area contributed by atoms with Gasteiger partial charge in [0.1, 0.15) is 5.76 Å². The number of anilines is 1. The molecule has 2 rings (SSSR count). The third-order valence-corrected chi connectivity index (χ3v) is 3.50. The maximum Gasteiger partial charge on any atom is 0.259 e. The van der Waals surface area contributed by atoms with Gasteiger partial charge in [-0.3, -0.25) is 4.79 Å². The van der Waals surface area contributed by atoms with Crippen molar-refractivity contribution in [3.8, 4) is 0 Å². The van der Waals surface area contributed by atoms with E-state index in [1.807, 2.05) is 25.1 Å². The Labute approximate surface area is 121 Å². The van der Waals surface area contributed by atoms with Crippen molar-refractivity contribution in [1.82, 2.24) is 0 Å². The summed E-state index contributed by atoms with van der Waals surface area (Å²) in [6.45, 7) is 4.03. The SMILES string of the molecule is CCc1cc(Br)ccc1NC(=O)c1ccoc1CC. The van der Waals surface area contributed by atoms with Crippen LogP contribution in [0.5, 0.6) is 0 Å². The van der Waals surface area contributed by atoms with Gasteiger partial charge >= 0.3 is 0 Å². The van der Waals surface area contributed by atoms with Crippen LogP contribution in [-0.2, 0) is 12.8 Å². The molecule has 0 aliphatic carbocycles. The fraction of sp³-hybridized carbons (Fsp3) is 0.267. The van der Waals surface area contributed by atoms with E-state index < -0.39 is 0 Å². The molecular formula is C15H16BrNO2. The zero-order valence-corrected chi connectivity index (χ0v) is 12.6. The number of halogens is 1. The van der Waals surface area contributed by atoms with E-state index in [0.29, 0.717) is 17.7 Å². The Balaban J connectivity index is 2.24. The van der Waals surface area contributed by atoms with Crippen molar-refractivity contribution in [2.24, 2.45) is 0 Å². The van der Waals surface area contributed by atoms with Crippen molar-refractivity contribution in [3.05, 3.63) is 51.9 Å². The minimum atomic E-state index is -0.123. The Bertz CT molecular complexity index is 590. The van der Waals surface area contributed by atoms with E-state index in [9.17, 15) is 4.79 Å². The molecule has 0 aliphatic heterocycles. The van der Waals surface area contributed by atoms with Crippen LogP contribution in [0.25, 0.3) is 0 Å². The number of amides is 1. The lowest BCUT2D eigenvalue weighted by Gasteiger charge is -2.10. The van der Waals surface area contributed by atoms with Crippen molar-refractivity contribution >= 4 is 27.5 Å². The molecule has 0 atom stereocenters. The van der Waals surface area contributed by atoms with Gasteiger partial charge in [-0.15, -0.1) is 0 Å². The topological polar surface area (TPSA) is 42.2 Å². The normalized spacial score (nSPS) is 10.5. The summed E-state index contributed by atoms with van der Waals surface area (Å²) < 4.78 is 6.29. The predicted octanol–water partition coefficient (Wildman–Crippen LogP) is 4.42. The Morgan fingerprint density at radius 2 is 2.05 bits per heavy atom. The molecule has 2 aromatic rings. The molecule has 1 aromatic carbocycles. The second kappa shape index (κ2) is 6.06. The van der Waals surface area contributed by atoms with Crippen LogP contribution in [0.15, 0.2) is 39.4 Å². The molecule has 4 heteroatoms. The average molecular weight is 322 g/mol. The molecule has 0 radical (unpaired) electrons. The summed E-state index contributed by atoms with van der Waals surface area (Å²) in [4.78, 5) is 12.2. The molecular weight excluding hydrogens is 306 g/mol. The first-order chi connectivity index (χ1) is 9.15. The quantitative estimate of drug-likeness (QED) is 0.905. The molecule has 0 unspecified atom stereocenters. The van der Waals surface area contributed by atoms with E-state index in [2.05, 4.69) is 28.2 Å². The molecule has 0 saturated heterocycles. The second-order valence-corrected chi connectivity index (χ2v) is 5.14. The molecule has 0 fully saturated rings.